The fourth-order valence-electron chi connectivity index (χ4n) is 2.43. The van der Waals surface area contributed by atoms with Crippen molar-refractivity contribution in [1.29, 1.82) is 0 Å². The number of nitrogens with zero attached hydrogens (tertiary/aromatic N) is 1. The summed E-state index contributed by atoms with van der Waals surface area (Å²) in [5, 5.41) is 9.24. The van der Waals surface area contributed by atoms with Crippen molar-refractivity contribution in [3.63, 3.8) is 0 Å². The van der Waals surface area contributed by atoms with Crippen LogP contribution in [0.1, 0.15) is 59.8 Å². The van der Waals surface area contributed by atoms with E-state index in [2.05, 4.69) is 0 Å². The molecule has 0 aromatic carbocycles. The summed E-state index contributed by atoms with van der Waals surface area (Å²) >= 11 is 0. The number of ether oxygens (including phenoxy) is 1. The molecule has 4 heteroatoms. The molecule has 1 aliphatic heterocycles. The number of amides is 1. The number of aliphatic hydroxyl groups is 1. The van der Waals surface area contributed by atoms with Gasteiger partial charge in [0.1, 0.15) is 5.60 Å². The second-order valence-electron chi connectivity index (χ2n) is 6.69. The molecule has 112 valence electrons. The summed E-state index contributed by atoms with van der Waals surface area (Å²) < 4.78 is 5.38. The van der Waals surface area contributed by atoms with Gasteiger partial charge < -0.3 is 14.7 Å². The van der Waals surface area contributed by atoms with Crippen molar-refractivity contribution in [3.8, 4) is 0 Å². The van der Waals surface area contributed by atoms with Crippen LogP contribution >= 0.6 is 0 Å². The van der Waals surface area contributed by atoms with Crippen LogP contribution in [0, 0.1) is 5.92 Å². The van der Waals surface area contributed by atoms with E-state index in [0.717, 1.165) is 45.2 Å². The fraction of sp³-hybridized carbons (Fsp3) is 0.933. The van der Waals surface area contributed by atoms with Crippen molar-refractivity contribution in [3.05, 3.63) is 0 Å². The van der Waals surface area contributed by atoms with E-state index < -0.39 is 5.60 Å². The van der Waals surface area contributed by atoms with Gasteiger partial charge in [-0.05, 0) is 52.9 Å². The van der Waals surface area contributed by atoms with E-state index in [0.29, 0.717) is 5.92 Å². The van der Waals surface area contributed by atoms with Gasteiger partial charge in [-0.15, -0.1) is 0 Å². The topological polar surface area (TPSA) is 49.8 Å². The minimum Gasteiger partial charge on any atom is -0.444 e. The van der Waals surface area contributed by atoms with Gasteiger partial charge in [-0.25, -0.2) is 4.79 Å². The number of rotatable bonds is 4. The molecule has 1 saturated heterocycles. The van der Waals surface area contributed by atoms with Gasteiger partial charge in [-0.2, -0.15) is 0 Å². The largest absolute Gasteiger partial charge is 0.444 e. The highest BCUT2D eigenvalue weighted by molar-refractivity contribution is 5.68. The lowest BCUT2D eigenvalue weighted by Gasteiger charge is -2.33. The van der Waals surface area contributed by atoms with Gasteiger partial charge >= 0.3 is 6.09 Å². The predicted octanol–water partition coefficient (Wildman–Crippen LogP) is 3.18. The first-order valence-corrected chi connectivity index (χ1v) is 7.44. The summed E-state index contributed by atoms with van der Waals surface area (Å²) in [5.41, 5.74) is -0.412. The zero-order valence-corrected chi connectivity index (χ0v) is 12.8. The Labute approximate surface area is 117 Å². The van der Waals surface area contributed by atoms with Crippen LogP contribution in [0.15, 0.2) is 0 Å². The normalized spacial score (nSPS) is 19.3. The van der Waals surface area contributed by atoms with Crippen molar-refractivity contribution < 1.29 is 14.6 Å². The highest BCUT2D eigenvalue weighted by Crippen LogP contribution is 2.24. The van der Waals surface area contributed by atoms with Gasteiger partial charge in [0.25, 0.3) is 0 Å². The first-order valence-electron chi connectivity index (χ1n) is 7.44. The number of hydrogen-bond acceptors (Lipinski definition) is 3. The minimum absolute atomic E-state index is 0.185. The number of carbonyl (C=O) groups excluding carboxylic acids is 1. The standard InChI is InChI=1S/C15H29NO3/c1-12(17)6-5-7-13-8-10-16(11-9-13)14(18)19-15(2,3)4/h12-13,17H,5-11H2,1-4H3. The summed E-state index contributed by atoms with van der Waals surface area (Å²) in [4.78, 5) is 13.7. The molecule has 1 atom stereocenters. The number of piperidine rings is 1. The van der Waals surface area contributed by atoms with Crippen LogP contribution < -0.4 is 0 Å². The molecule has 1 amide bonds. The van der Waals surface area contributed by atoms with Crippen LogP contribution in [0.4, 0.5) is 4.79 Å². The van der Waals surface area contributed by atoms with Crippen LogP contribution in [-0.4, -0.2) is 40.9 Å². The lowest BCUT2D eigenvalue weighted by atomic mass is 9.91. The maximum Gasteiger partial charge on any atom is 0.410 e. The third-order valence-corrected chi connectivity index (χ3v) is 3.50. The van der Waals surface area contributed by atoms with Crippen LogP contribution in [0.5, 0.6) is 0 Å². The molecule has 0 bridgehead atoms. The Kier molecular flexibility index (Phi) is 6.11. The third kappa shape index (κ3) is 6.81. The molecule has 0 spiro atoms. The zero-order valence-electron chi connectivity index (χ0n) is 12.8. The highest BCUT2D eigenvalue weighted by atomic mass is 16.6. The molecule has 1 heterocycles. The van der Waals surface area contributed by atoms with E-state index in [9.17, 15) is 9.90 Å². The van der Waals surface area contributed by atoms with Crippen LogP contribution in [0.2, 0.25) is 0 Å². The summed E-state index contributed by atoms with van der Waals surface area (Å²) in [6.07, 6.45) is 4.85. The Balaban J connectivity index is 2.23. The van der Waals surface area contributed by atoms with Crippen LogP contribution in [-0.2, 0) is 4.74 Å². The summed E-state index contributed by atoms with van der Waals surface area (Å²) in [7, 11) is 0. The van der Waals surface area contributed by atoms with Crippen LogP contribution in [0.25, 0.3) is 0 Å². The van der Waals surface area contributed by atoms with Crippen molar-refractivity contribution in [2.75, 3.05) is 13.1 Å². The monoisotopic (exact) mass is 271 g/mol. The molecular formula is C15H29NO3. The Morgan fingerprint density at radius 1 is 1.37 bits per heavy atom. The molecule has 1 fully saturated rings. The molecular weight excluding hydrogens is 242 g/mol. The van der Waals surface area contributed by atoms with Gasteiger partial charge in [0.15, 0.2) is 0 Å². The lowest BCUT2D eigenvalue weighted by molar-refractivity contribution is 0.0180. The fourth-order valence-corrected chi connectivity index (χ4v) is 2.43. The molecule has 0 radical (unpaired) electrons. The molecule has 0 aromatic heterocycles. The molecule has 1 rings (SSSR count). The molecule has 4 nitrogen and oxygen atoms in total. The van der Waals surface area contributed by atoms with Crippen molar-refractivity contribution in [2.45, 2.75) is 71.5 Å². The van der Waals surface area contributed by atoms with Crippen LogP contribution in [0.3, 0.4) is 0 Å². The number of carbonyl (C=O) groups is 1. The predicted molar refractivity (Wildman–Crippen MR) is 76.1 cm³/mol. The Morgan fingerprint density at radius 2 is 1.95 bits per heavy atom. The van der Waals surface area contributed by atoms with Gasteiger partial charge in [0.05, 0.1) is 6.10 Å². The smallest absolute Gasteiger partial charge is 0.410 e. The average Bonchev–Trinajstić information content (AvgIpc) is 2.27. The quantitative estimate of drug-likeness (QED) is 0.854. The minimum atomic E-state index is -0.412. The van der Waals surface area contributed by atoms with Crippen molar-refractivity contribution in [2.24, 2.45) is 5.92 Å². The SMILES string of the molecule is CC(O)CCCC1CCN(C(=O)OC(C)(C)C)CC1. The second kappa shape index (κ2) is 7.13. The number of likely N-dealkylation sites (tertiary alicyclic amines) is 1. The van der Waals surface area contributed by atoms with Gasteiger partial charge in [-0.3, -0.25) is 0 Å². The lowest BCUT2D eigenvalue weighted by Crippen LogP contribution is -2.41. The first kappa shape index (κ1) is 16.3. The first-order chi connectivity index (χ1) is 8.78. The van der Waals surface area contributed by atoms with Gasteiger partial charge in [0.2, 0.25) is 0 Å². The van der Waals surface area contributed by atoms with Gasteiger partial charge in [0, 0.05) is 13.1 Å². The molecule has 0 aromatic rings. The van der Waals surface area contributed by atoms with Gasteiger partial charge in [-0.1, -0.05) is 12.8 Å². The van der Waals surface area contributed by atoms with E-state index >= 15 is 0 Å². The van der Waals surface area contributed by atoms with Crippen molar-refractivity contribution in [1.82, 2.24) is 4.90 Å². The van der Waals surface area contributed by atoms with E-state index in [4.69, 9.17) is 4.74 Å². The average molecular weight is 271 g/mol. The maximum atomic E-state index is 11.9. The molecule has 1 aliphatic rings. The molecule has 0 saturated carbocycles. The molecule has 1 N–H and O–H groups in total. The van der Waals surface area contributed by atoms with E-state index in [1.807, 2.05) is 32.6 Å². The van der Waals surface area contributed by atoms with Crippen molar-refractivity contribution >= 4 is 6.09 Å². The third-order valence-electron chi connectivity index (χ3n) is 3.50. The van der Waals surface area contributed by atoms with E-state index in [1.165, 1.54) is 0 Å². The molecule has 19 heavy (non-hydrogen) atoms. The summed E-state index contributed by atoms with van der Waals surface area (Å²) in [6.45, 7) is 9.13. The zero-order chi connectivity index (χ0) is 14.5. The van der Waals surface area contributed by atoms with E-state index in [-0.39, 0.29) is 12.2 Å². The molecule has 0 aliphatic carbocycles. The Hall–Kier alpha value is -0.770. The number of aliphatic hydroxyl groups excluding tert-OH is 1. The second-order valence-corrected chi connectivity index (χ2v) is 6.69. The highest BCUT2D eigenvalue weighted by Gasteiger charge is 2.26. The summed E-state index contributed by atoms with van der Waals surface area (Å²) in [5.74, 6) is 0.692. The molecule has 1 unspecified atom stereocenters. The van der Waals surface area contributed by atoms with E-state index in [1.54, 1.807) is 0 Å². The maximum absolute atomic E-state index is 11.9. The number of hydrogen-bond donors (Lipinski definition) is 1. The summed E-state index contributed by atoms with van der Waals surface area (Å²) in [6, 6.07) is 0. The Bertz CT molecular complexity index is 276. The Morgan fingerprint density at radius 3 is 2.42 bits per heavy atom.